The quantitative estimate of drug-likeness (QED) is 0.704. The maximum absolute atomic E-state index is 10.8. The smallest absolute Gasteiger partial charge is 0.335 e. The van der Waals surface area contributed by atoms with E-state index in [1.807, 2.05) is 0 Å². The standard InChI is InChI=1S/C11H12O6/c1-6(12)5-17-9-3-7(10(13)14)2-8(4-9)11(15)16/h2-4,6,12H,5H2,1H3,(H,13,14)(H,15,16). The minimum atomic E-state index is -1.24. The van der Waals surface area contributed by atoms with Gasteiger partial charge in [0.15, 0.2) is 0 Å². The molecular formula is C11H12O6. The Morgan fingerprint density at radius 1 is 1.18 bits per heavy atom. The molecule has 0 aliphatic rings. The van der Waals surface area contributed by atoms with Crippen molar-refractivity contribution in [1.82, 2.24) is 0 Å². The normalized spacial score (nSPS) is 11.9. The number of benzene rings is 1. The second-order valence-electron chi connectivity index (χ2n) is 3.52. The van der Waals surface area contributed by atoms with E-state index in [1.165, 1.54) is 19.1 Å². The van der Waals surface area contributed by atoms with Crippen LogP contribution in [0.3, 0.4) is 0 Å². The van der Waals surface area contributed by atoms with E-state index in [4.69, 9.17) is 20.1 Å². The summed E-state index contributed by atoms with van der Waals surface area (Å²) in [6.45, 7) is 1.46. The van der Waals surface area contributed by atoms with Crippen LogP contribution in [0.5, 0.6) is 5.75 Å². The van der Waals surface area contributed by atoms with Crippen LogP contribution < -0.4 is 4.74 Å². The molecule has 3 N–H and O–H groups in total. The third-order valence-electron chi connectivity index (χ3n) is 1.89. The lowest BCUT2D eigenvalue weighted by molar-refractivity contribution is 0.0696. The van der Waals surface area contributed by atoms with Crippen LogP contribution in [-0.2, 0) is 0 Å². The van der Waals surface area contributed by atoms with E-state index in [9.17, 15) is 9.59 Å². The average molecular weight is 240 g/mol. The van der Waals surface area contributed by atoms with Gasteiger partial charge in [0.05, 0.1) is 17.2 Å². The van der Waals surface area contributed by atoms with Crippen LogP contribution >= 0.6 is 0 Å². The molecule has 0 aliphatic carbocycles. The van der Waals surface area contributed by atoms with Crippen molar-refractivity contribution in [1.29, 1.82) is 0 Å². The first-order chi connectivity index (χ1) is 7.90. The van der Waals surface area contributed by atoms with Crippen LogP contribution in [0.1, 0.15) is 27.6 Å². The molecule has 1 aromatic carbocycles. The summed E-state index contributed by atoms with van der Waals surface area (Å²) in [4.78, 5) is 21.5. The van der Waals surface area contributed by atoms with Crippen molar-refractivity contribution in [2.75, 3.05) is 6.61 Å². The zero-order chi connectivity index (χ0) is 13.0. The number of rotatable bonds is 5. The summed E-state index contributed by atoms with van der Waals surface area (Å²) in [5, 5.41) is 26.6. The lowest BCUT2D eigenvalue weighted by Gasteiger charge is -2.09. The molecule has 92 valence electrons. The molecule has 1 aromatic rings. The van der Waals surface area contributed by atoms with Gasteiger partial charge >= 0.3 is 11.9 Å². The summed E-state index contributed by atoms with van der Waals surface area (Å²) < 4.78 is 5.07. The summed E-state index contributed by atoms with van der Waals surface area (Å²) in [5.74, 6) is -2.38. The molecule has 0 aliphatic heterocycles. The van der Waals surface area contributed by atoms with E-state index in [2.05, 4.69) is 0 Å². The zero-order valence-electron chi connectivity index (χ0n) is 9.08. The fourth-order valence-corrected chi connectivity index (χ4v) is 1.15. The molecular weight excluding hydrogens is 228 g/mol. The Bertz CT molecular complexity index is 405. The highest BCUT2D eigenvalue weighted by molar-refractivity contribution is 5.94. The van der Waals surface area contributed by atoms with Crippen LogP contribution in [0.15, 0.2) is 18.2 Å². The van der Waals surface area contributed by atoms with Gasteiger partial charge in [-0.05, 0) is 25.1 Å². The number of hydrogen-bond acceptors (Lipinski definition) is 4. The maximum atomic E-state index is 10.8. The fourth-order valence-electron chi connectivity index (χ4n) is 1.15. The molecule has 0 saturated heterocycles. The van der Waals surface area contributed by atoms with Crippen LogP contribution in [-0.4, -0.2) is 40.0 Å². The number of aliphatic hydroxyl groups is 1. The van der Waals surface area contributed by atoms with Crippen LogP contribution in [0.25, 0.3) is 0 Å². The van der Waals surface area contributed by atoms with Gasteiger partial charge in [0.2, 0.25) is 0 Å². The Balaban J connectivity index is 3.04. The van der Waals surface area contributed by atoms with Crippen molar-refractivity contribution < 1.29 is 29.6 Å². The Kier molecular flexibility index (Phi) is 4.06. The molecule has 0 spiro atoms. The zero-order valence-corrected chi connectivity index (χ0v) is 9.08. The molecule has 0 fully saturated rings. The fraction of sp³-hybridized carbons (Fsp3) is 0.273. The monoisotopic (exact) mass is 240 g/mol. The molecule has 6 heteroatoms. The lowest BCUT2D eigenvalue weighted by Crippen LogP contribution is -2.13. The highest BCUT2D eigenvalue weighted by Gasteiger charge is 2.12. The van der Waals surface area contributed by atoms with Gasteiger partial charge in [-0.15, -0.1) is 0 Å². The predicted octanol–water partition coefficient (Wildman–Crippen LogP) is 0.843. The number of carboxylic acid groups (broad SMARTS) is 2. The van der Waals surface area contributed by atoms with Crippen molar-refractivity contribution in [3.63, 3.8) is 0 Å². The predicted molar refractivity (Wildman–Crippen MR) is 57.5 cm³/mol. The van der Waals surface area contributed by atoms with E-state index in [-0.39, 0.29) is 23.5 Å². The van der Waals surface area contributed by atoms with Gasteiger partial charge in [0, 0.05) is 0 Å². The van der Waals surface area contributed by atoms with E-state index in [0.29, 0.717) is 0 Å². The van der Waals surface area contributed by atoms with E-state index < -0.39 is 18.0 Å². The number of ether oxygens (including phenoxy) is 1. The van der Waals surface area contributed by atoms with Gasteiger partial charge in [0.25, 0.3) is 0 Å². The molecule has 1 rings (SSSR count). The number of carbonyl (C=O) groups is 2. The summed E-state index contributed by atoms with van der Waals surface area (Å²) >= 11 is 0. The van der Waals surface area contributed by atoms with Crippen molar-refractivity contribution in [2.24, 2.45) is 0 Å². The summed E-state index contributed by atoms with van der Waals surface area (Å²) in [6, 6.07) is 3.45. The number of aliphatic hydroxyl groups excluding tert-OH is 1. The average Bonchev–Trinajstić information content (AvgIpc) is 2.25. The molecule has 0 bridgehead atoms. The van der Waals surface area contributed by atoms with Crippen molar-refractivity contribution in [3.05, 3.63) is 29.3 Å². The first-order valence-corrected chi connectivity index (χ1v) is 4.82. The molecule has 0 saturated carbocycles. The van der Waals surface area contributed by atoms with Gasteiger partial charge in [-0.1, -0.05) is 0 Å². The lowest BCUT2D eigenvalue weighted by atomic mass is 10.1. The Morgan fingerprint density at radius 2 is 1.65 bits per heavy atom. The molecule has 1 unspecified atom stereocenters. The van der Waals surface area contributed by atoms with E-state index in [1.54, 1.807) is 0 Å². The third kappa shape index (κ3) is 3.76. The van der Waals surface area contributed by atoms with Gasteiger partial charge in [-0.25, -0.2) is 9.59 Å². The third-order valence-corrected chi connectivity index (χ3v) is 1.89. The molecule has 0 radical (unpaired) electrons. The molecule has 0 amide bonds. The molecule has 17 heavy (non-hydrogen) atoms. The SMILES string of the molecule is CC(O)COc1cc(C(=O)O)cc(C(=O)O)c1. The minimum absolute atomic E-state index is 0.0396. The molecule has 1 atom stereocenters. The molecule has 6 nitrogen and oxygen atoms in total. The summed E-state index contributed by atoms with van der Waals surface area (Å²) in [7, 11) is 0. The molecule has 0 heterocycles. The Morgan fingerprint density at radius 3 is 2.00 bits per heavy atom. The largest absolute Gasteiger partial charge is 0.491 e. The van der Waals surface area contributed by atoms with Crippen molar-refractivity contribution >= 4 is 11.9 Å². The number of carboxylic acids is 2. The van der Waals surface area contributed by atoms with Gasteiger partial charge in [-0.2, -0.15) is 0 Å². The van der Waals surface area contributed by atoms with Crippen molar-refractivity contribution in [2.45, 2.75) is 13.0 Å². The van der Waals surface area contributed by atoms with Gasteiger partial charge < -0.3 is 20.1 Å². The molecule has 0 aromatic heterocycles. The highest BCUT2D eigenvalue weighted by Crippen LogP contribution is 2.18. The first kappa shape index (κ1) is 13.0. The van der Waals surface area contributed by atoms with Crippen LogP contribution in [0.4, 0.5) is 0 Å². The van der Waals surface area contributed by atoms with Gasteiger partial charge in [-0.3, -0.25) is 0 Å². The minimum Gasteiger partial charge on any atom is -0.491 e. The number of hydrogen-bond donors (Lipinski definition) is 3. The first-order valence-electron chi connectivity index (χ1n) is 4.82. The van der Waals surface area contributed by atoms with E-state index >= 15 is 0 Å². The second-order valence-corrected chi connectivity index (χ2v) is 3.52. The number of aromatic carboxylic acids is 2. The van der Waals surface area contributed by atoms with Crippen LogP contribution in [0.2, 0.25) is 0 Å². The Labute approximate surface area is 97.1 Å². The van der Waals surface area contributed by atoms with Gasteiger partial charge in [0.1, 0.15) is 12.4 Å². The Hall–Kier alpha value is -2.08. The van der Waals surface area contributed by atoms with E-state index in [0.717, 1.165) is 6.07 Å². The highest BCUT2D eigenvalue weighted by atomic mass is 16.5. The summed E-state index contributed by atoms with van der Waals surface area (Å²) in [5.41, 5.74) is -0.351. The topological polar surface area (TPSA) is 104 Å². The van der Waals surface area contributed by atoms with Crippen molar-refractivity contribution in [3.8, 4) is 5.75 Å². The van der Waals surface area contributed by atoms with Crippen LogP contribution in [0, 0.1) is 0 Å². The second kappa shape index (κ2) is 5.31. The maximum Gasteiger partial charge on any atom is 0.335 e. The summed E-state index contributed by atoms with van der Waals surface area (Å²) in [6.07, 6.45) is -0.725.